The Labute approximate surface area is 185 Å². The number of alkyl carbamates (subject to hydrolysis) is 1. The summed E-state index contributed by atoms with van der Waals surface area (Å²) in [6, 6.07) is 7.24. The molecule has 1 aliphatic carbocycles. The van der Waals surface area contributed by atoms with E-state index in [2.05, 4.69) is 22.9 Å². The van der Waals surface area contributed by atoms with Gasteiger partial charge in [-0.15, -0.1) is 0 Å². The number of anilines is 1. The Kier molecular flexibility index (Phi) is 8.25. The van der Waals surface area contributed by atoms with Crippen LogP contribution in [0.2, 0.25) is 0 Å². The van der Waals surface area contributed by atoms with Gasteiger partial charge < -0.3 is 20.7 Å². The number of hydrogen-bond acceptors (Lipinski definition) is 4. The Morgan fingerprint density at radius 2 is 1.84 bits per heavy atom. The molecule has 7 nitrogen and oxygen atoms in total. The Hall–Kier alpha value is -2.83. The lowest BCUT2D eigenvalue weighted by atomic mass is 9.73. The van der Waals surface area contributed by atoms with E-state index in [4.69, 9.17) is 4.74 Å². The van der Waals surface area contributed by atoms with Crippen molar-refractivity contribution >= 4 is 29.7 Å². The van der Waals surface area contributed by atoms with Crippen molar-refractivity contribution < 1.29 is 19.1 Å². The summed E-state index contributed by atoms with van der Waals surface area (Å²) >= 11 is 0. The fourth-order valence-corrected chi connectivity index (χ4v) is 3.79. The lowest BCUT2D eigenvalue weighted by molar-refractivity contribution is -0.119. The molecule has 1 aromatic rings. The number of benzene rings is 1. The van der Waals surface area contributed by atoms with Crippen LogP contribution < -0.4 is 16.0 Å². The van der Waals surface area contributed by atoms with Crippen molar-refractivity contribution in [1.29, 1.82) is 0 Å². The van der Waals surface area contributed by atoms with E-state index in [0.717, 1.165) is 31.2 Å². The van der Waals surface area contributed by atoms with Crippen LogP contribution >= 0.6 is 0 Å². The smallest absolute Gasteiger partial charge is 0.407 e. The third-order valence-electron chi connectivity index (χ3n) is 5.43. The van der Waals surface area contributed by atoms with Crippen molar-refractivity contribution in [2.75, 3.05) is 11.9 Å². The first kappa shape index (κ1) is 24.4. The molecule has 3 N–H and O–H groups in total. The minimum absolute atomic E-state index is 0.130. The summed E-state index contributed by atoms with van der Waals surface area (Å²) in [5.41, 5.74) is 0.474. The maximum Gasteiger partial charge on any atom is 0.407 e. The summed E-state index contributed by atoms with van der Waals surface area (Å²) < 4.78 is 5.35. The van der Waals surface area contributed by atoms with Crippen LogP contribution in [-0.2, 0) is 14.3 Å². The van der Waals surface area contributed by atoms with Gasteiger partial charge in [0.2, 0.25) is 11.8 Å². The van der Waals surface area contributed by atoms with Crippen molar-refractivity contribution in [3.63, 3.8) is 0 Å². The van der Waals surface area contributed by atoms with E-state index in [1.165, 1.54) is 13.0 Å². The molecule has 0 bridgehead atoms. The molecule has 0 unspecified atom stereocenters. The predicted molar refractivity (Wildman–Crippen MR) is 123 cm³/mol. The van der Waals surface area contributed by atoms with E-state index in [-0.39, 0.29) is 17.7 Å². The van der Waals surface area contributed by atoms with Crippen LogP contribution in [0.5, 0.6) is 0 Å². The van der Waals surface area contributed by atoms with E-state index in [0.29, 0.717) is 12.2 Å². The molecule has 1 fully saturated rings. The molecule has 0 aliphatic heterocycles. The first-order valence-electron chi connectivity index (χ1n) is 10.8. The summed E-state index contributed by atoms with van der Waals surface area (Å²) in [7, 11) is 0. The van der Waals surface area contributed by atoms with Gasteiger partial charge in [0.15, 0.2) is 0 Å². The Morgan fingerprint density at radius 3 is 2.42 bits per heavy atom. The van der Waals surface area contributed by atoms with Crippen LogP contribution in [0.15, 0.2) is 30.3 Å². The van der Waals surface area contributed by atoms with Crippen molar-refractivity contribution in [1.82, 2.24) is 10.6 Å². The number of nitrogens with one attached hydrogen (secondary N) is 3. The number of rotatable bonds is 6. The molecule has 0 radical (unpaired) electrons. The lowest BCUT2D eigenvalue weighted by Gasteiger charge is -2.43. The maximum absolute atomic E-state index is 12.7. The molecular weight excluding hydrogens is 394 g/mol. The van der Waals surface area contributed by atoms with Crippen molar-refractivity contribution in [2.24, 2.45) is 5.92 Å². The average molecular weight is 430 g/mol. The highest BCUT2D eigenvalue weighted by Crippen LogP contribution is 2.33. The zero-order chi connectivity index (χ0) is 23.1. The zero-order valence-electron chi connectivity index (χ0n) is 19.2. The Morgan fingerprint density at radius 1 is 1.16 bits per heavy atom. The number of carbonyl (C=O) groups excluding carboxylic acids is 3. The van der Waals surface area contributed by atoms with Crippen LogP contribution in [0.3, 0.4) is 0 Å². The third kappa shape index (κ3) is 8.07. The maximum atomic E-state index is 12.7. The van der Waals surface area contributed by atoms with Gasteiger partial charge in [0.1, 0.15) is 5.60 Å². The topological polar surface area (TPSA) is 96.5 Å². The lowest BCUT2D eigenvalue weighted by Crippen LogP contribution is -2.60. The monoisotopic (exact) mass is 429 g/mol. The molecule has 0 spiro atoms. The Bertz CT molecular complexity index is 811. The van der Waals surface area contributed by atoms with Gasteiger partial charge in [0, 0.05) is 25.2 Å². The normalized spacial score (nSPS) is 21.4. The van der Waals surface area contributed by atoms with Gasteiger partial charge in [-0.25, -0.2) is 4.79 Å². The highest BCUT2D eigenvalue weighted by Gasteiger charge is 2.39. The second-order valence-corrected chi connectivity index (χ2v) is 9.28. The summed E-state index contributed by atoms with van der Waals surface area (Å²) in [6.07, 6.45) is 6.66. The second-order valence-electron chi connectivity index (χ2n) is 9.28. The summed E-state index contributed by atoms with van der Waals surface area (Å²) in [6.45, 7) is 9.36. The van der Waals surface area contributed by atoms with E-state index in [1.54, 1.807) is 18.2 Å². The van der Waals surface area contributed by atoms with Crippen molar-refractivity contribution in [2.45, 2.75) is 71.4 Å². The predicted octanol–water partition coefficient (Wildman–Crippen LogP) is 4.25. The van der Waals surface area contributed by atoms with Crippen LogP contribution in [0.4, 0.5) is 10.5 Å². The molecule has 7 heteroatoms. The first-order valence-corrected chi connectivity index (χ1v) is 10.8. The molecule has 1 aliphatic rings. The number of amides is 3. The number of hydrogen-bond donors (Lipinski definition) is 3. The third-order valence-corrected chi connectivity index (χ3v) is 5.43. The molecule has 31 heavy (non-hydrogen) atoms. The summed E-state index contributed by atoms with van der Waals surface area (Å²) in [5, 5.41) is 8.71. The molecule has 0 heterocycles. The van der Waals surface area contributed by atoms with Gasteiger partial charge in [0.05, 0.1) is 5.54 Å². The fourth-order valence-electron chi connectivity index (χ4n) is 3.79. The number of carbonyl (C=O) groups is 3. The van der Waals surface area contributed by atoms with Crippen molar-refractivity contribution in [3.05, 3.63) is 35.9 Å². The molecule has 170 valence electrons. The Balaban J connectivity index is 2.03. The molecule has 3 amide bonds. The van der Waals surface area contributed by atoms with Gasteiger partial charge in [-0.05, 0) is 63.3 Å². The standard InChI is InChI=1S/C24H35N3O4/c1-17-8-6-7-15-24(17,16-25-22(30)31-23(3,4)5)27-21(29)14-11-19-9-12-20(13-10-19)26-18(2)28/h9-14,17H,6-8,15-16H2,1-5H3,(H,25,30)(H,26,28)(H,27,29)/b14-11-/t17-,24-/m0/s1. The van der Waals surface area contributed by atoms with Crippen LogP contribution in [0.25, 0.3) is 6.08 Å². The molecular formula is C24H35N3O4. The fraction of sp³-hybridized carbons (Fsp3) is 0.542. The van der Waals surface area contributed by atoms with Crippen LogP contribution in [0, 0.1) is 5.92 Å². The molecule has 1 aromatic carbocycles. The highest BCUT2D eigenvalue weighted by molar-refractivity contribution is 5.92. The van der Waals surface area contributed by atoms with E-state index < -0.39 is 17.2 Å². The quantitative estimate of drug-likeness (QED) is 0.589. The second kappa shape index (κ2) is 10.5. The van der Waals surface area contributed by atoms with E-state index >= 15 is 0 Å². The van der Waals surface area contributed by atoms with E-state index in [9.17, 15) is 14.4 Å². The van der Waals surface area contributed by atoms with Crippen molar-refractivity contribution in [3.8, 4) is 0 Å². The van der Waals surface area contributed by atoms with E-state index in [1.807, 2.05) is 32.9 Å². The summed E-state index contributed by atoms with van der Waals surface area (Å²) in [5.74, 6) is -0.106. The molecule has 2 rings (SSSR count). The zero-order valence-corrected chi connectivity index (χ0v) is 19.2. The van der Waals surface area contributed by atoms with Crippen LogP contribution in [0.1, 0.15) is 65.9 Å². The average Bonchev–Trinajstić information content (AvgIpc) is 2.66. The van der Waals surface area contributed by atoms with Gasteiger partial charge in [-0.2, -0.15) is 0 Å². The minimum Gasteiger partial charge on any atom is -0.444 e. The SMILES string of the molecule is CC(=O)Nc1ccc(/C=C\C(=O)N[C@]2(CNC(=O)OC(C)(C)C)CCCC[C@@H]2C)cc1. The van der Waals surface area contributed by atoms with Gasteiger partial charge in [-0.3, -0.25) is 9.59 Å². The van der Waals surface area contributed by atoms with Gasteiger partial charge in [-0.1, -0.05) is 31.9 Å². The molecule has 0 saturated heterocycles. The minimum atomic E-state index is -0.573. The highest BCUT2D eigenvalue weighted by atomic mass is 16.6. The molecule has 2 atom stereocenters. The summed E-state index contributed by atoms with van der Waals surface area (Å²) in [4.78, 5) is 36.0. The number of ether oxygens (including phenoxy) is 1. The van der Waals surface area contributed by atoms with Crippen LogP contribution in [-0.4, -0.2) is 35.6 Å². The molecule has 1 saturated carbocycles. The van der Waals surface area contributed by atoms with Gasteiger partial charge >= 0.3 is 6.09 Å². The largest absolute Gasteiger partial charge is 0.444 e. The first-order chi connectivity index (χ1) is 14.5. The van der Waals surface area contributed by atoms with Gasteiger partial charge in [0.25, 0.3) is 0 Å². The molecule has 0 aromatic heterocycles.